The molecule has 0 spiro atoms. The minimum atomic E-state index is -0.599. The van der Waals surface area contributed by atoms with E-state index in [1.54, 1.807) is 0 Å². The Morgan fingerprint density at radius 3 is 2.47 bits per heavy atom. The summed E-state index contributed by atoms with van der Waals surface area (Å²) in [7, 11) is 2.45. The van der Waals surface area contributed by atoms with Gasteiger partial charge in [-0.1, -0.05) is 11.6 Å². The molecular formula is C11H11ClO5. The van der Waals surface area contributed by atoms with Crippen LogP contribution >= 0.6 is 11.6 Å². The molecule has 0 aliphatic carbocycles. The van der Waals surface area contributed by atoms with Crippen molar-refractivity contribution in [1.29, 1.82) is 0 Å². The molecule has 0 radical (unpaired) electrons. The molecule has 0 unspecified atom stereocenters. The molecule has 92 valence electrons. The van der Waals surface area contributed by atoms with Gasteiger partial charge in [-0.2, -0.15) is 0 Å². The van der Waals surface area contributed by atoms with Gasteiger partial charge in [-0.05, 0) is 12.1 Å². The number of phenols is 1. The standard InChI is InChI=1S/C11H11ClO5/c1-16-9(13)5-6-3-7(11(15)17-2)4-8(12)10(6)14/h3-4,14H,5H2,1-2H3. The second-order valence-corrected chi connectivity index (χ2v) is 3.62. The highest BCUT2D eigenvalue weighted by atomic mass is 35.5. The van der Waals surface area contributed by atoms with Crippen molar-refractivity contribution in [2.45, 2.75) is 6.42 Å². The summed E-state index contributed by atoms with van der Waals surface area (Å²) in [5, 5.41) is 9.61. The van der Waals surface area contributed by atoms with Gasteiger partial charge in [0.15, 0.2) is 0 Å². The molecular weight excluding hydrogens is 248 g/mol. The average Bonchev–Trinajstić information content (AvgIpc) is 2.33. The van der Waals surface area contributed by atoms with Crippen LogP contribution < -0.4 is 0 Å². The van der Waals surface area contributed by atoms with E-state index in [4.69, 9.17) is 11.6 Å². The molecule has 0 saturated carbocycles. The van der Waals surface area contributed by atoms with Crippen LogP contribution in [0.1, 0.15) is 15.9 Å². The van der Waals surface area contributed by atoms with E-state index in [1.807, 2.05) is 0 Å². The number of halogens is 1. The summed E-state index contributed by atoms with van der Waals surface area (Å²) in [5.74, 6) is -1.39. The molecule has 5 nitrogen and oxygen atoms in total. The number of methoxy groups -OCH3 is 2. The summed E-state index contributed by atoms with van der Waals surface area (Å²) in [5.41, 5.74) is 0.374. The highest BCUT2D eigenvalue weighted by Gasteiger charge is 2.16. The second-order valence-electron chi connectivity index (χ2n) is 3.21. The first kappa shape index (κ1) is 13.3. The minimum Gasteiger partial charge on any atom is -0.506 e. The van der Waals surface area contributed by atoms with Crippen molar-refractivity contribution in [2.24, 2.45) is 0 Å². The number of ether oxygens (including phenoxy) is 2. The molecule has 0 amide bonds. The van der Waals surface area contributed by atoms with Gasteiger partial charge < -0.3 is 14.6 Å². The maximum absolute atomic E-state index is 11.3. The molecule has 6 heteroatoms. The fourth-order valence-corrected chi connectivity index (χ4v) is 1.49. The van der Waals surface area contributed by atoms with Crippen LogP contribution in [0.2, 0.25) is 5.02 Å². The van der Waals surface area contributed by atoms with Crippen LogP contribution in [0, 0.1) is 0 Å². The summed E-state index contributed by atoms with van der Waals surface area (Å²) < 4.78 is 8.99. The average molecular weight is 259 g/mol. The SMILES string of the molecule is COC(=O)Cc1cc(C(=O)OC)cc(Cl)c1O. The van der Waals surface area contributed by atoms with Crippen molar-refractivity contribution in [3.05, 3.63) is 28.3 Å². The van der Waals surface area contributed by atoms with Crippen LogP contribution in [0.4, 0.5) is 0 Å². The number of carbonyl (C=O) groups is 2. The van der Waals surface area contributed by atoms with Gasteiger partial charge in [0.05, 0.1) is 31.2 Å². The van der Waals surface area contributed by atoms with E-state index in [9.17, 15) is 14.7 Å². The third-order valence-corrected chi connectivity index (χ3v) is 2.41. The van der Waals surface area contributed by atoms with Crippen molar-refractivity contribution in [3.8, 4) is 5.75 Å². The largest absolute Gasteiger partial charge is 0.506 e. The van der Waals surface area contributed by atoms with Gasteiger partial charge in [0.2, 0.25) is 0 Å². The number of rotatable bonds is 3. The van der Waals surface area contributed by atoms with E-state index < -0.39 is 11.9 Å². The van der Waals surface area contributed by atoms with E-state index >= 15 is 0 Å². The molecule has 1 aromatic rings. The van der Waals surface area contributed by atoms with Gasteiger partial charge >= 0.3 is 11.9 Å². The molecule has 0 aliphatic heterocycles. The first-order chi connectivity index (χ1) is 7.99. The molecule has 1 rings (SSSR count). The number of benzene rings is 1. The van der Waals surface area contributed by atoms with Crippen LogP contribution in [0.25, 0.3) is 0 Å². The normalized spacial score (nSPS) is 9.82. The van der Waals surface area contributed by atoms with E-state index in [0.717, 1.165) is 0 Å². The highest BCUT2D eigenvalue weighted by molar-refractivity contribution is 6.32. The van der Waals surface area contributed by atoms with Crippen LogP contribution in [-0.2, 0) is 20.7 Å². The zero-order chi connectivity index (χ0) is 13.0. The predicted octanol–water partition coefficient (Wildman–Crippen LogP) is 1.55. The lowest BCUT2D eigenvalue weighted by Gasteiger charge is -2.08. The van der Waals surface area contributed by atoms with Crippen molar-refractivity contribution < 1.29 is 24.2 Å². The van der Waals surface area contributed by atoms with Gasteiger partial charge in [0, 0.05) is 5.56 Å². The maximum atomic E-state index is 11.3. The molecule has 0 fully saturated rings. The van der Waals surface area contributed by atoms with Gasteiger partial charge in [-0.3, -0.25) is 4.79 Å². The maximum Gasteiger partial charge on any atom is 0.337 e. The van der Waals surface area contributed by atoms with Crippen LogP contribution in [-0.4, -0.2) is 31.3 Å². The molecule has 1 aromatic carbocycles. The van der Waals surface area contributed by atoms with Gasteiger partial charge in [-0.15, -0.1) is 0 Å². The number of hydrogen-bond acceptors (Lipinski definition) is 5. The topological polar surface area (TPSA) is 72.8 Å². The Bertz CT molecular complexity index is 455. The number of carbonyl (C=O) groups excluding carboxylic acids is 2. The zero-order valence-electron chi connectivity index (χ0n) is 9.32. The number of phenolic OH excluding ortho intramolecular Hbond substituents is 1. The van der Waals surface area contributed by atoms with Crippen LogP contribution in [0.3, 0.4) is 0 Å². The fraction of sp³-hybridized carbons (Fsp3) is 0.273. The first-order valence-corrected chi connectivity index (χ1v) is 5.04. The Labute approximate surface area is 103 Å². The molecule has 0 aliphatic rings. The lowest BCUT2D eigenvalue weighted by atomic mass is 10.1. The van der Waals surface area contributed by atoms with Gasteiger partial charge in [-0.25, -0.2) is 4.79 Å². The second kappa shape index (κ2) is 5.54. The summed E-state index contributed by atoms with van der Waals surface area (Å²) in [4.78, 5) is 22.4. The Hall–Kier alpha value is -1.75. The summed E-state index contributed by atoms with van der Waals surface area (Å²) in [6.45, 7) is 0. The lowest BCUT2D eigenvalue weighted by Crippen LogP contribution is -2.07. The van der Waals surface area contributed by atoms with E-state index in [-0.39, 0.29) is 28.3 Å². The zero-order valence-corrected chi connectivity index (χ0v) is 10.1. The third-order valence-electron chi connectivity index (χ3n) is 2.13. The Morgan fingerprint density at radius 1 is 1.29 bits per heavy atom. The monoisotopic (exact) mass is 258 g/mol. The van der Waals surface area contributed by atoms with E-state index in [0.29, 0.717) is 0 Å². The summed E-state index contributed by atoms with van der Waals surface area (Å²) >= 11 is 5.74. The molecule has 1 N–H and O–H groups in total. The smallest absolute Gasteiger partial charge is 0.337 e. The fourth-order valence-electron chi connectivity index (χ4n) is 1.25. The van der Waals surface area contributed by atoms with Crippen molar-refractivity contribution in [1.82, 2.24) is 0 Å². The molecule has 0 bridgehead atoms. The van der Waals surface area contributed by atoms with Gasteiger partial charge in [0.25, 0.3) is 0 Å². The minimum absolute atomic E-state index is 0.0215. The Balaban J connectivity index is 3.15. The highest BCUT2D eigenvalue weighted by Crippen LogP contribution is 2.29. The summed E-state index contributed by atoms with van der Waals surface area (Å²) in [6, 6.07) is 2.60. The first-order valence-electron chi connectivity index (χ1n) is 4.66. The summed E-state index contributed by atoms with van der Waals surface area (Å²) in [6.07, 6.45) is -0.174. The van der Waals surface area contributed by atoms with E-state index in [2.05, 4.69) is 9.47 Å². The Morgan fingerprint density at radius 2 is 1.94 bits per heavy atom. The number of hydrogen-bond donors (Lipinski definition) is 1. The molecule has 0 aromatic heterocycles. The Kier molecular flexibility index (Phi) is 4.34. The van der Waals surface area contributed by atoms with Crippen LogP contribution in [0.5, 0.6) is 5.75 Å². The van der Waals surface area contributed by atoms with E-state index in [1.165, 1.54) is 26.4 Å². The number of aromatic hydroxyl groups is 1. The molecule has 0 heterocycles. The number of esters is 2. The molecule has 17 heavy (non-hydrogen) atoms. The van der Waals surface area contributed by atoms with Crippen molar-refractivity contribution in [3.63, 3.8) is 0 Å². The van der Waals surface area contributed by atoms with Crippen molar-refractivity contribution in [2.75, 3.05) is 14.2 Å². The molecule has 0 atom stereocenters. The predicted molar refractivity (Wildman–Crippen MR) is 60.2 cm³/mol. The molecule has 0 saturated heterocycles. The van der Waals surface area contributed by atoms with Crippen molar-refractivity contribution >= 4 is 23.5 Å². The third kappa shape index (κ3) is 3.10. The lowest BCUT2D eigenvalue weighted by molar-refractivity contribution is -0.139. The quantitative estimate of drug-likeness (QED) is 0.833. The van der Waals surface area contributed by atoms with Crippen LogP contribution in [0.15, 0.2) is 12.1 Å². The van der Waals surface area contributed by atoms with Gasteiger partial charge in [0.1, 0.15) is 5.75 Å².